The van der Waals surface area contributed by atoms with Gasteiger partial charge in [0.15, 0.2) is 12.0 Å². The third-order valence-corrected chi connectivity index (χ3v) is 4.70. The van der Waals surface area contributed by atoms with Gasteiger partial charge in [-0.25, -0.2) is 4.98 Å². The lowest BCUT2D eigenvalue weighted by Gasteiger charge is -2.49. The van der Waals surface area contributed by atoms with Gasteiger partial charge in [-0.05, 0) is 49.5 Å². The molecule has 2 saturated heterocycles. The van der Waals surface area contributed by atoms with Gasteiger partial charge in [-0.3, -0.25) is 0 Å². The van der Waals surface area contributed by atoms with E-state index in [1.54, 1.807) is 0 Å². The highest BCUT2D eigenvalue weighted by atomic mass is 16.5. The van der Waals surface area contributed by atoms with Gasteiger partial charge in [0.2, 0.25) is 0 Å². The first-order valence-corrected chi connectivity index (χ1v) is 7.01. The van der Waals surface area contributed by atoms with Crippen LogP contribution in [-0.2, 0) is 10.2 Å². The first kappa shape index (κ1) is 11.4. The van der Waals surface area contributed by atoms with Crippen molar-refractivity contribution in [2.75, 3.05) is 26.3 Å². The zero-order valence-electron chi connectivity index (χ0n) is 10.9. The highest BCUT2D eigenvalue weighted by Gasteiger charge is 2.47. The summed E-state index contributed by atoms with van der Waals surface area (Å²) < 4.78 is 11.0. The molecule has 4 heteroatoms. The molecule has 100 valence electrons. The number of hydrogen-bond donors (Lipinski definition) is 1. The number of oxazole rings is 1. The third kappa shape index (κ3) is 1.70. The quantitative estimate of drug-likeness (QED) is 0.896. The summed E-state index contributed by atoms with van der Waals surface area (Å²) in [6.45, 7) is 3.91. The van der Waals surface area contributed by atoms with Gasteiger partial charge in [-0.15, -0.1) is 0 Å². The van der Waals surface area contributed by atoms with Crippen LogP contribution in [0, 0.1) is 5.92 Å². The van der Waals surface area contributed by atoms with E-state index in [1.807, 2.05) is 0 Å². The molecular formula is C15H18N2O2. The van der Waals surface area contributed by atoms with E-state index in [-0.39, 0.29) is 5.41 Å². The normalized spacial score (nSPS) is 26.2. The predicted octanol–water partition coefficient (Wildman–Crippen LogP) is 2.10. The van der Waals surface area contributed by atoms with E-state index in [2.05, 4.69) is 28.5 Å². The molecule has 2 aromatic rings. The van der Waals surface area contributed by atoms with Crippen LogP contribution < -0.4 is 5.32 Å². The molecule has 1 aromatic carbocycles. The first-order chi connectivity index (χ1) is 9.38. The number of fused-ring (bicyclic) bond motifs is 1. The maximum absolute atomic E-state index is 5.57. The lowest BCUT2D eigenvalue weighted by atomic mass is 9.66. The Labute approximate surface area is 112 Å². The molecule has 4 rings (SSSR count). The van der Waals surface area contributed by atoms with E-state index in [4.69, 9.17) is 9.15 Å². The summed E-state index contributed by atoms with van der Waals surface area (Å²) in [6, 6.07) is 6.41. The van der Waals surface area contributed by atoms with Crippen molar-refractivity contribution in [1.29, 1.82) is 0 Å². The summed E-state index contributed by atoms with van der Waals surface area (Å²) in [5.74, 6) is 0.662. The van der Waals surface area contributed by atoms with Crippen LogP contribution in [0.2, 0.25) is 0 Å². The minimum Gasteiger partial charge on any atom is -0.443 e. The predicted molar refractivity (Wildman–Crippen MR) is 72.1 cm³/mol. The topological polar surface area (TPSA) is 47.3 Å². The number of piperidine rings is 1. The number of aromatic nitrogens is 1. The van der Waals surface area contributed by atoms with Gasteiger partial charge in [-0.1, -0.05) is 6.07 Å². The van der Waals surface area contributed by atoms with E-state index in [0.29, 0.717) is 5.92 Å². The number of rotatable bonds is 2. The molecule has 0 amide bonds. The zero-order valence-corrected chi connectivity index (χ0v) is 10.9. The van der Waals surface area contributed by atoms with Crippen molar-refractivity contribution in [1.82, 2.24) is 10.3 Å². The fourth-order valence-corrected chi connectivity index (χ4v) is 3.45. The van der Waals surface area contributed by atoms with Gasteiger partial charge in [0, 0.05) is 5.41 Å². The average Bonchev–Trinajstić information content (AvgIpc) is 2.86. The summed E-state index contributed by atoms with van der Waals surface area (Å²) in [6.07, 6.45) is 4.06. The maximum Gasteiger partial charge on any atom is 0.181 e. The van der Waals surface area contributed by atoms with Gasteiger partial charge >= 0.3 is 0 Å². The second-order valence-electron chi connectivity index (χ2n) is 5.73. The minimum absolute atomic E-state index is 0.175. The van der Waals surface area contributed by atoms with Crippen LogP contribution in [0.25, 0.3) is 11.1 Å². The maximum atomic E-state index is 5.57. The number of nitrogens with zero attached hydrogens (tertiary/aromatic N) is 1. The van der Waals surface area contributed by atoms with Gasteiger partial charge in [0.1, 0.15) is 5.52 Å². The number of hydrogen-bond acceptors (Lipinski definition) is 4. The Balaban J connectivity index is 1.74. The molecule has 19 heavy (non-hydrogen) atoms. The fourth-order valence-electron chi connectivity index (χ4n) is 3.45. The molecule has 0 aliphatic carbocycles. The Morgan fingerprint density at radius 2 is 2.26 bits per heavy atom. The summed E-state index contributed by atoms with van der Waals surface area (Å²) in [4.78, 5) is 4.19. The van der Waals surface area contributed by atoms with Crippen molar-refractivity contribution >= 4 is 11.1 Å². The smallest absolute Gasteiger partial charge is 0.181 e. The fraction of sp³-hybridized carbons (Fsp3) is 0.533. The van der Waals surface area contributed by atoms with Gasteiger partial charge < -0.3 is 14.5 Å². The molecule has 1 unspecified atom stereocenters. The van der Waals surface area contributed by atoms with Crippen LogP contribution in [0.15, 0.2) is 29.0 Å². The highest BCUT2D eigenvalue weighted by molar-refractivity contribution is 5.73. The van der Waals surface area contributed by atoms with Crippen molar-refractivity contribution in [3.05, 3.63) is 30.2 Å². The van der Waals surface area contributed by atoms with Crippen LogP contribution in [-0.4, -0.2) is 31.3 Å². The van der Waals surface area contributed by atoms with Crippen molar-refractivity contribution in [3.8, 4) is 0 Å². The van der Waals surface area contributed by atoms with E-state index in [0.717, 1.165) is 37.4 Å². The Hall–Kier alpha value is -1.39. The number of nitrogens with one attached hydrogen (secondary N) is 1. The standard InChI is InChI=1S/C15H18N2O2/c1-2-12(7-16-5-1)15(8-18-9-15)11-3-4-13-14(6-11)19-10-17-13/h3-4,6,10,12,16H,1-2,5,7-9H2. The molecule has 0 radical (unpaired) electrons. The van der Waals surface area contributed by atoms with Crippen LogP contribution in [0.5, 0.6) is 0 Å². The molecule has 2 fully saturated rings. The average molecular weight is 258 g/mol. The van der Waals surface area contributed by atoms with Crippen LogP contribution >= 0.6 is 0 Å². The molecule has 2 aliphatic rings. The van der Waals surface area contributed by atoms with Crippen LogP contribution in [0.1, 0.15) is 18.4 Å². The summed E-state index contributed by atoms with van der Waals surface area (Å²) in [7, 11) is 0. The molecule has 4 nitrogen and oxygen atoms in total. The Morgan fingerprint density at radius 1 is 1.32 bits per heavy atom. The summed E-state index contributed by atoms with van der Waals surface area (Å²) >= 11 is 0. The Bertz CT molecular complexity index is 583. The number of benzene rings is 1. The summed E-state index contributed by atoms with van der Waals surface area (Å²) in [5, 5.41) is 3.52. The van der Waals surface area contributed by atoms with Gasteiger partial charge in [0.05, 0.1) is 13.2 Å². The van der Waals surface area contributed by atoms with Crippen LogP contribution in [0.3, 0.4) is 0 Å². The largest absolute Gasteiger partial charge is 0.443 e. The molecule has 0 saturated carbocycles. The van der Waals surface area contributed by atoms with Crippen molar-refractivity contribution in [3.63, 3.8) is 0 Å². The van der Waals surface area contributed by atoms with Crippen molar-refractivity contribution in [2.24, 2.45) is 5.92 Å². The second-order valence-corrected chi connectivity index (χ2v) is 5.73. The first-order valence-electron chi connectivity index (χ1n) is 7.01. The molecule has 3 heterocycles. The monoisotopic (exact) mass is 258 g/mol. The van der Waals surface area contributed by atoms with E-state index >= 15 is 0 Å². The third-order valence-electron chi connectivity index (χ3n) is 4.70. The molecule has 0 spiro atoms. The second kappa shape index (κ2) is 4.32. The van der Waals surface area contributed by atoms with Crippen molar-refractivity contribution in [2.45, 2.75) is 18.3 Å². The molecule has 1 atom stereocenters. The molecule has 1 aromatic heterocycles. The summed E-state index contributed by atoms with van der Waals surface area (Å²) in [5.41, 5.74) is 3.33. The lowest BCUT2D eigenvalue weighted by molar-refractivity contribution is -0.0947. The van der Waals surface area contributed by atoms with Crippen LogP contribution in [0.4, 0.5) is 0 Å². The zero-order chi connectivity index (χ0) is 12.7. The SMILES string of the molecule is c1nc2ccc(C3(C4CCCNC4)COC3)cc2o1. The molecular weight excluding hydrogens is 240 g/mol. The lowest BCUT2D eigenvalue weighted by Crippen LogP contribution is -2.56. The van der Waals surface area contributed by atoms with Crippen molar-refractivity contribution < 1.29 is 9.15 Å². The van der Waals surface area contributed by atoms with E-state index in [9.17, 15) is 0 Å². The number of ether oxygens (including phenoxy) is 1. The Kier molecular flexibility index (Phi) is 2.60. The molecule has 0 bridgehead atoms. The van der Waals surface area contributed by atoms with Gasteiger partial charge in [-0.2, -0.15) is 0 Å². The molecule has 1 N–H and O–H groups in total. The van der Waals surface area contributed by atoms with E-state index < -0.39 is 0 Å². The van der Waals surface area contributed by atoms with E-state index in [1.165, 1.54) is 24.8 Å². The van der Waals surface area contributed by atoms with Gasteiger partial charge in [0.25, 0.3) is 0 Å². The molecule has 2 aliphatic heterocycles. The Morgan fingerprint density at radius 3 is 3.00 bits per heavy atom. The highest BCUT2D eigenvalue weighted by Crippen LogP contribution is 2.42. The minimum atomic E-state index is 0.175.